The van der Waals surface area contributed by atoms with E-state index in [1.165, 1.54) is 23.1 Å². The molecule has 1 saturated carbocycles. The number of hydrogen-bond donors (Lipinski definition) is 0. The second-order valence-electron chi connectivity index (χ2n) is 9.88. The van der Waals surface area contributed by atoms with E-state index >= 15 is 0 Å². The van der Waals surface area contributed by atoms with Crippen LogP contribution in [0.15, 0.2) is 84.5 Å². The molecule has 4 nitrogen and oxygen atoms in total. The number of anilines is 1. The Labute approximate surface area is 215 Å². The Hall–Kier alpha value is -3.63. The van der Waals surface area contributed by atoms with Crippen LogP contribution in [0.3, 0.4) is 0 Å². The lowest BCUT2D eigenvalue weighted by Crippen LogP contribution is -2.33. The minimum Gasteiger partial charge on any atom is -0.495 e. The summed E-state index contributed by atoms with van der Waals surface area (Å²) >= 11 is 6.24. The van der Waals surface area contributed by atoms with Crippen molar-refractivity contribution in [3.8, 4) is 5.75 Å². The van der Waals surface area contributed by atoms with E-state index in [2.05, 4.69) is 74.5 Å². The zero-order valence-electron chi connectivity index (χ0n) is 20.4. The molecule has 2 fully saturated rings. The number of benzene rings is 3. The van der Waals surface area contributed by atoms with Gasteiger partial charge in [-0.15, -0.1) is 0 Å². The molecular formula is C31H26ClNO3. The summed E-state index contributed by atoms with van der Waals surface area (Å²) in [4.78, 5) is 29.0. The number of amides is 2. The maximum atomic E-state index is 13.8. The van der Waals surface area contributed by atoms with E-state index in [9.17, 15) is 9.59 Å². The van der Waals surface area contributed by atoms with Crippen LogP contribution < -0.4 is 9.64 Å². The standard InChI is InChI=1S/C31H26ClNO3/c1-17-4-8-19(9-5-17)26(20-10-6-18(2)7-11-20)27-22-13-14-23(27)29-28(22)30(34)33(31(29)35)24-16-21(32)12-15-25(24)36-3/h4-16,22-23,28-29H,1-3H3/t22-,23-,28+,29+/m0/s1. The molecule has 1 heterocycles. The molecule has 2 aliphatic carbocycles. The first-order valence-electron chi connectivity index (χ1n) is 12.2. The molecule has 2 amide bonds. The van der Waals surface area contributed by atoms with E-state index in [4.69, 9.17) is 16.3 Å². The largest absolute Gasteiger partial charge is 0.495 e. The van der Waals surface area contributed by atoms with Crippen LogP contribution in [0.2, 0.25) is 5.02 Å². The summed E-state index contributed by atoms with van der Waals surface area (Å²) in [6.07, 6.45) is 4.24. The topological polar surface area (TPSA) is 46.6 Å². The predicted octanol–water partition coefficient (Wildman–Crippen LogP) is 6.39. The van der Waals surface area contributed by atoms with Crippen LogP contribution in [0.25, 0.3) is 5.57 Å². The van der Waals surface area contributed by atoms with Gasteiger partial charge in [0, 0.05) is 16.9 Å². The van der Waals surface area contributed by atoms with E-state index in [0.29, 0.717) is 16.5 Å². The lowest BCUT2D eigenvalue weighted by molar-refractivity contribution is -0.123. The molecule has 3 aliphatic rings. The fourth-order valence-corrected chi connectivity index (χ4v) is 6.28. The maximum Gasteiger partial charge on any atom is 0.238 e. The smallest absolute Gasteiger partial charge is 0.238 e. The van der Waals surface area contributed by atoms with Crippen molar-refractivity contribution in [3.63, 3.8) is 0 Å². The summed E-state index contributed by atoms with van der Waals surface area (Å²) in [5.41, 5.74) is 7.28. The van der Waals surface area contributed by atoms with Gasteiger partial charge in [-0.3, -0.25) is 9.59 Å². The minimum absolute atomic E-state index is 0.135. The highest BCUT2D eigenvalue weighted by molar-refractivity contribution is 6.31. The van der Waals surface area contributed by atoms with Crippen molar-refractivity contribution in [1.29, 1.82) is 0 Å². The van der Waals surface area contributed by atoms with Gasteiger partial charge in [0.15, 0.2) is 0 Å². The third-order valence-electron chi connectivity index (χ3n) is 7.77. The Morgan fingerprint density at radius 3 is 1.75 bits per heavy atom. The second-order valence-corrected chi connectivity index (χ2v) is 10.3. The molecule has 5 heteroatoms. The average Bonchev–Trinajstić information content (AvgIpc) is 3.50. The molecule has 36 heavy (non-hydrogen) atoms. The van der Waals surface area contributed by atoms with Gasteiger partial charge in [0.05, 0.1) is 24.6 Å². The summed E-state index contributed by atoms with van der Waals surface area (Å²) in [6.45, 7) is 4.15. The molecule has 3 aromatic rings. The molecule has 2 bridgehead atoms. The summed E-state index contributed by atoms with van der Waals surface area (Å²) < 4.78 is 5.47. The molecule has 0 spiro atoms. The molecule has 0 unspecified atom stereocenters. The first-order chi connectivity index (χ1) is 17.4. The lowest BCUT2D eigenvalue weighted by atomic mass is 9.85. The van der Waals surface area contributed by atoms with E-state index in [0.717, 1.165) is 22.3 Å². The van der Waals surface area contributed by atoms with Crippen LogP contribution >= 0.6 is 11.6 Å². The predicted molar refractivity (Wildman–Crippen MR) is 142 cm³/mol. The highest BCUT2D eigenvalue weighted by Gasteiger charge is 2.62. The monoisotopic (exact) mass is 495 g/mol. The normalized spacial score (nSPS) is 24.0. The van der Waals surface area contributed by atoms with Crippen molar-refractivity contribution in [2.45, 2.75) is 13.8 Å². The Balaban J connectivity index is 1.49. The van der Waals surface area contributed by atoms with Crippen molar-refractivity contribution in [3.05, 3.63) is 112 Å². The zero-order valence-corrected chi connectivity index (χ0v) is 21.1. The molecule has 4 atom stereocenters. The van der Waals surface area contributed by atoms with Gasteiger partial charge in [0.2, 0.25) is 11.8 Å². The van der Waals surface area contributed by atoms with Gasteiger partial charge < -0.3 is 4.74 Å². The Kier molecular flexibility index (Phi) is 5.38. The Morgan fingerprint density at radius 2 is 1.28 bits per heavy atom. The van der Waals surface area contributed by atoms with Gasteiger partial charge in [-0.1, -0.05) is 83.4 Å². The Bertz CT molecular complexity index is 1370. The fraction of sp³-hybridized carbons (Fsp3) is 0.226. The molecular weight excluding hydrogens is 470 g/mol. The molecule has 3 aromatic carbocycles. The van der Waals surface area contributed by atoms with Crippen molar-refractivity contribution in [2.75, 3.05) is 12.0 Å². The highest BCUT2D eigenvalue weighted by Crippen LogP contribution is 2.59. The second kappa shape index (κ2) is 8.49. The number of aryl methyl sites for hydroxylation is 2. The van der Waals surface area contributed by atoms with Crippen LogP contribution in [-0.4, -0.2) is 18.9 Å². The van der Waals surface area contributed by atoms with Gasteiger partial charge in [-0.25, -0.2) is 4.90 Å². The van der Waals surface area contributed by atoms with Gasteiger partial charge >= 0.3 is 0 Å². The van der Waals surface area contributed by atoms with Gasteiger partial charge in [-0.05, 0) is 54.3 Å². The first-order valence-corrected chi connectivity index (χ1v) is 12.5. The van der Waals surface area contributed by atoms with Crippen molar-refractivity contribution >= 4 is 34.7 Å². The number of halogens is 1. The molecule has 0 N–H and O–H groups in total. The van der Waals surface area contributed by atoms with E-state index in [-0.39, 0.29) is 23.7 Å². The van der Waals surface area contributed by atoms with Crippen molar-refractivity contribution in [2.24, 2.45) is 23.7 Å². The van der Waals surface area contributed by atoms with Gasteiger partial charge in [0.1, 0.15) is 5.75 Å². The third kappa shape index (κ3) is 3.35. The fourth-order valence-electron chi connectivity index (χ4n) is 6.11. The van der Waals surface area contributed by atoms with Crippen LogP contribution in [0.1, 0.15) is 22.3 Å². The maximum absolute atomic E-state index is 13.8. The number of carbonyl (C=O) groups is 2. The molecule has 1 aliphatic heterocycles. The quantitative estimate of drug-likeness (QED) is 0.311. The summed E-state index contributed by atoms with van der Waals surface area (Å²) in [5.74, 6) is -1.06. The SMILES string of the molecule is COc1ccc(Cl)cc1N1C(=O)[C@H]2[C@H](C1=O)[C@H]1C=C[C@H]2C1=C(c1ccc(C)cc1)c1ccc(C)cc1. The molecule has 6 rings (SSSR count). The van der Waals surface area contributed by atoms with Crippen LogP contribution in [0.4, 0.5) is 5.69 Å². The van der Waals surface area contributed by atoms with E-state index in [1.54, 1.807) is 18.2 Å². The van der Waals surface area contributed by atoms with E-state index in [1.807, 2.05) is 0 Å². The van der Waals surface area contributed by atoms with Crippen molar-refractivity contribution in [1.82, 2.24) is 0 Å². The summed E-state index contributed by atoms with van der Waals surface area (Å²) in [6, 6.07) is 22.0. The number of ether oxygens (including phenoxy) is 1. The third-order valence-corrected chi connectivity index (χ3v) is 8.00. The van der Waals surface area contributed by atoms with Crippen LogP contribution in [-0.2, 0) is 9.59 Å². The first kappa shape index (κ1) is 22.8. The number of fused-ring (bicyclic) bond motifs is 5. The molecule has 0 aromatic heterocycles. The number of methoxy groups -OCH3 is 1. The molecule has 0 radical (unpaired) electrons. The highest BCUT2D eigenvalue weighted by atomic mass is 35.5. The number of allylic oxidation sites excluding steroid dienone is 3. The van der Waals surface area contributed by atoms with Crippen LogP contribution in [0.5, 0.6) is 5.75 Å². The van der Waals surface area contributed by atoms with Gasteiger partial charge in [0.25, 0.3) is 0 Å². The summed E-state index contributed by atoms with van der Waals surface area (Å²) in [7, 11) is 1.53. The Morgan fingerprint density at radius 1 is 0.778 bits per heavy atom. The number of carbonyl (C=O) groups excluding carboxylic acids is 2. The minimum atomic E-state index is -0.433. The van der Waals surface area contributed by atoms with E-state index < -0.39 is 11.8 Å². The zero-order chi connectivity index (χ0) is 25.1. The average molecular weight is 496 g/mol. The molecule has 180 valence electrons. The number of imide groups is 1. The number of hydrogen-bond acceptors (Lipinski definition) is 3. The summed E-state index contributed by atoms with van der Waals surface area (Å²) in [5, 5.41) is 0.450. The van der Waals surface area contributed by atoms with Crippen molar-refractivity contribution < 1.29 is 14.3 Å². The number of nitrogens with zero attached hydrogens (tertiary/aromatic N) is 1. The number of rotatable bonds is 4. The van der Waals surface area contributed by atoms with Crippen LogP contribution in [0, 0.1) is 37.5 Å². The van der Waals surface area contributed by atoms with Gasteiger partial charge in [-0.2, -0.15) is 0 Å². The lowest BCUT2D eigenvalue weighted by Gasteiger charge is -2.23. The molecule has 1 saturated heterocycles.